The first-order valence-corrected chi connectivity index (χ1v) is 14.2. The third-order valence-corrected chi connectivity index (χ3v) is 8.75. The highest BCUT2D eigenvalue weighted by Gasteiger charge is 2.38. The van der Waals surface area contributed by atoms with Gasteiger partial charge in [-0.05, 0) is 92.3 Å². The van der Waals surface area contributed by atoms with Gasteiger partial charge in [-0.2, -0.15) is 0 Å². The molecule has 3 aromatic rings. The highest BCUT2D eigenvalue weighted by Crippen LogP contribution is 2.38. The normalized spacial score (nSPS) is 16.0. The van der Waals surface area contributed by atoms with Crippen LogP contribution in [-0.2, 0) is 14.8 Å². The van der Waals surface area contributed by atoms with Gasteiger partial charge in [-0.25, -0.2) is 8.42 Å². The van der Waals surface area contributed by atoms with E-state index in [1.807, 2.05) is 39.8 Å². The quantitative estimate of drug-likeness (QED) is 0.426. The maximum Gasteiger partial charge on any atom is 0.264 e. The number of amides is 1. The van der Waals surface area contributed by atoms with Crippen LogP contribution in [0.15, 0.2) is 59.5 Å². The number of carbonyl (C=O) groups excluding carboxylic acids is 1. The van der Waals surface area contributed by atoms with E-state index in [1.54, 1.807) is 43.5 Å². The monoisotopic (exact) mass is 536 g/mol. The number of ether oxygens (including phenoxy) is 2. The van der Waals surface area contributed by atoms with Crippen molar-refractivity contribution in [1.29, 1.82) is 0 Å². The lowest BCUT2D eigenvalue weighted by Crippen LogP contribution is -2.51. The van der Waals surface area contributed by atoms with E-state index in [0.29, 0.717) is 11.4 Å². The van der Waals surface area contributed by atoms with Crippen molar-refractivity contribution in [2.75, 3.05) is 18.0 Å². The Morgan fingerprint density at radius 1 is 0.974 bits per heavy atom. The number of carbonyl (C=O) groups is 1. The lowest BCUT2D eigenvalue weighted by molar-refractivity contribution is -0.128. The molecule has 0 radical (unpaired) electrons. The summed E-state index contributed by atoms with van der Waals surface area (Å²) in [5.74, 6) is 1.04. The summed E-state index contributed by atoms with van der Waals surface area (Å²) in [5, 5.41) is 3.05. The van der Waals surface area contributed by atoms with E-state index in [0.717, 1.165) is 33.6 Å². The third kappa shape index (κ3) is 5.36. The van der Waals surface area contributed by atoms with Crippen LogP contribution in [0.2, 0.25) is 0 Å². The molecule has 1 amide bonds. The smallest absolute Gasteiger partial charge is 0.264 e. The van der Waals surface area contributed by atoms with E-state index in [-0.39, 0.29) is 29.3 Å². The standard InChI is InChI=1S/C30H36N2O5S/c1-18(2)24-16-25(21(5)15-28(24)36-7)22(6)31-30(33)29-17-32(26-14-20(4)10-13-27(26)37-29)38(34,35)23-11-8-19(3)9-12-23/h8-16,18,22,29H,17H2,1-7H3,(H,31,33)/t22-,29+/m0/s1. The zero-order valence-corrected chi connectivity index (χ0v) is 23.8. The predicted molar refractivity (Wildman–Crippen MR) is 150 cm³/mol. The average molecular weight is 537 g/mol. The summed E-state index contributed by atoms with van der Waals surface area (Å²) >= 11 is 0. The van der Waals surface area contributed by atoms with Gasteiger partial charge in [0.15, 0.2) is 6.10 Å². The summed E-state index contributed by atoms with van der Waals surface area (Å²) < 4.78 is 40.3. The minimum absolute atomic E-state index is 0.135. The molecule has 0 saturated carbocycles. The van der Waals surface area contributed by atoms with E-state index >= 15 is 0 Å². The summed E-state index contributed by atoms with van der Waals surface area (Å²) in [7, 11) is -2.27. The van der Waals surface area contributed by atoms with Crippen LogP contribution in [0.1, 0.15) is 60.5 Å². The Morgan fingerprint density at radius 3 is 2.26 bits per heavy atom. The Balaban J connectivity index is 1.64. The van der Waals surface area contributed by atoms with Crippen molar-refractivity contribution < 1.29 is 22.7 Å². The number of nitrogens with zero attached hydrogens (tertiary/aromatic N) is 1. The molecule has 4 rings (SSSR count). The lowest BCUT2D eigenvalue weighted by Gasteiger charge is -2.35. The Kier molecular flexibility index (Phi) is 7.74. The first-order valence-electron chi connectivity index (χ1n) is 12.8. The van der Waals surface area contributed by atoms with Gasteiger partial charge in [0.1, 0.15) is 11.5 Å². The summed E-state index contributed by atoms with van der Waals surface area (Å²) in [6.45, 7) is 11.7. The molecule has 3 aromatic carbocycles. The molecule has 1 aliphatic rings. The fraction of sp³-hybridized carbons (Fsp3) is 0.367. The highest BCUT2D eigenvalue weighted by atomic mass is 32.2. The molecule has 8 heteroatoms. The molecule has 202 valence electrons. The number of methoxy groups -OCH3 is 1. The second-order valence-corrected chi connectivity index (χ2v) is 12.1. The summed E-state index contributed by atoms with van der Waals surface area (Å²) in [6, 6.07) is 15.8. The van der Waals surface area contributed by atoms with E-state index in [9.17, 15) is 13.2 Å². The number of anilines is 1. The van der Waals surface area contributed by atoms with Gasteiger partial charge in [-0.1, -0.05) is 37.6 Å². The van der Waals surface area contributed by atoms with Crippen LogP contribution >= 0.6 is 0 Å². The molecule has 0 aliphatic carbocycles. The average Bonchev–Trinajstić information content (AvgIpc) is 2.87. The Hall–Kier alpha value is -3.52. The Morgan fingerprint density at radius 2 is 1.63 bits per heavy atom. The van der Waals surface area contributed by atoms with Crippen molar-refractivity contribution in [3.05, 3.63) is 82.4 Å². The van der Waals surface area contributed by atoms with Crippen molar-refractivity contribution in [3.63, 3.8) is 0 Å². The van der Waals surface area contributed by atoms with Crippen molar-refractivity contribution in [3.8, 4) is 11.5 Å². The number of sulfonamides is 1. The van der Waals surface area contributed by atoms with Crippen LogP contribution in [0.25, 0.3) is 0 Å². The number of rotatable bonds is 7. The molecule has 0 spiro atoms. The van der Waals surface area contributed by atoms with E-state index in [1.165, 1.54) is 4.31 Å². The molecule has 0 bridgehead atoms. The molecule has 1 heterocycles. The van der Waals surface area contributed by atoms with E-state index in [2.05, 4.69) is 25.2 Å². The minimum atomic E-state index is -3.93. The van der Waals surface area contributed by atoms with Crippen LogP contribution < -0.4 is 19.1 Å². The second-order valence-electron chi connectivity index (χ2n) is 10.3. The summed E-state index contributed by atoms with van der Waals surface area (Å²) in [5.41, 5.74) is 5.30. The number of aryl methyl sites for hydroxylation is 3. The zero-order chi connectivity index (χ0) is 27.8. The maximum atomic E-state index is 13.7. The van der Waals surface area contributed by atoms with Gasteiger partial charge in [0, 0.05) is 0 Å². The van der Waals surface area contributed by atoms with Crippen molar-refractivity contribution in [2.24, 2.45) is 0 Å². The SMILES string of the molecule is COc1cc(C)c([C@H](C)NC(=O)[C@H]2CN(S(=O)(=O)c3ccc(C)cc3)c3cc(C)ccc3O2)cc1C(C)C. The topological polar surface area (TPSA) is 84.9 Å². The molecule has 1 N–H and O–H groups in total. The first-order chi connectivity index (χ1) is 17.9. The molecule has 0 fully saturated rings. The van der Waals surface area contributed by atoms with Gasteiger partial charge in [-0.3, -0.25) is 9.10 Å². The van der Waals surface area contributed by atoms with Gasteiger partial charge in [0.25, 0.3) is 15.9 Å². The fourth-order valence-corrected chi connectivity index (χ4v) is 6.23. The van der Waals surface area contributed by atoms with Crippen LogP contribution in [0.5, 0.6) is 11.5 Å². The Labute approximate surface area is 225 Å². The predicted octanol–water partition coefficient (Wildman–Crippen LogP) is 5.58. The minimum Gasteiger partial charge on any atom is -0.496 e. The number of hydrogen-bond donors (Lipinski definition) is 1. The first kappa shape index (κ1) is 27.5. The molecule has 38 heavy (non-hydrogen) atoms. The highest BCUT2D eigenvalue weighted by molar-refractivity contribution is 7.92. The molecule has 0 unspecified atom stereocenters. The molecule has 7 nitrogen and oxygen atoms in total. The number of benzene rings is 3. The second kappa shape index (κ2) is 10.7. The van der Waals surface area contributed by atoms with Gasteiger partial charge < -0.3 is 14.8 Å². The van der Waals surface area contributed by atoms with Crippen LogP contribution in [0, 0.1) is 20.8 Å². The fourth-order valence-electron chi connectivity index (χ4n) is 4.76. The van der Waals surface area contributed by atoms with Crippen LogP contribution in [0.3, 0.4) is 0 Å². The molecule has 2 atom stereocenters. The zero-order valence-electron chi connectivity index (χ0n) is 23.0. The van der Waals surface area contributed by atoms with E-state index < -0.39 is 16.1 Å². The molecule has 0 saturated heterocycles. The number of nitrogens with one attached hydrogen (secondary N) is 1. The molecular formula is C30H36N2O5S. The molecule has 1 aliphatic heterocycles. The van der Waals surface area contributed by atoms with Gasteiger partial charge >= 0.3 is 0 Å². The molecule has 0 aromatic heterocycles. The third-order valence-electron chi connectivity index (χ3n) is 6.95. The van der Waals surface area contributed by atoms with Crippen molar-refractivity contribution in [1.82, 2.24) is 5.32 Å². The van der Waals surface area contributed by atoms with Gasteiger partial charge in [0.2, 0.25) is 0 Å². The lowest BCUT2D eigenvalue weighted by atomic mass is 9.93. The van der Waals surface area contributed by atoms with Crippen molar-refractivity contribution in [2.45, 2.75) is 64.5 Å². The largest absolute Gasteiger partial charge is 0.496 e. The summed E-state index contributed by atoms with van der Waals surface area (Å²) in [4.78, 5) is 13.6. The Bertz CT molecular complexity index is 1450. The number of fused-ring (bicyclic) bond motifs is 1. The van der Waals surface area contributed by atoms with Crippen molar-refractivity contribution >= 4 is 21.6 Å². The van der Waals surface area contributed by atoms with E-state index in [4.69, 9.17) is 9.47 Å². The van der Waals surface area contributed by atoms with Crippen LogP contribution in [0.4, 0.5) is 5.69 Å². The summed E-state index contributed by atoms with van der Waals surface area (Å²) in [6.07, 6.45) is -1.02. The number of hydrogen-bond acceptors (Lipinski definition) is 5. The maximum absolute atomic E-state index is 13.7. The van der Waals surface area contributed by atoms with Gasteiger partial charge in [-0.15, -0.1) is 0 Å². The molecular weight excluding hydrogens is 500 g/mol. The van der Waals surface area contributed by atoms with Gasteiger partial charge in [0.05, 0.1) is 30.3 Å². The van der Waals surface area contributed by atoms with Crippen LogP contribution in [-0.4, -0.2) is 34.1 Å².